The summed E-state index contributed by atoms with van der Waals surface area (Å²) in [5.41, 5.74) is 2.11. The standard InChI is InChI=1S/C21H20Cl2/c1-2-3-4-6-11-19(17-12-14-20(22)15-13-17)16-21(23)18-9-7-5-8-10-18/h5,7-10,12-16,19H,2-4H2,1H3/b21-16-. The topological polar surface area (TPSA) is 0 Å². The van der Waals surface area contributed by atoms with Gasteiger partial charge in [0.05, 0.1) is 5.92 Å². The van der Waals surface area contributed by atoms with Gasteiger partial charge in [0.25, 0.3) is 0 Å². The van der Waals surface area contributed by atoms with Gasteiger partial charge in [-0.3, -0.25) is 0 Å². The van der Waals surface area contributed by atoms with Gasteiger partial charge >= 0.3 is 0 Å². The molecule has 0 aromatic heterocycles. The molecule has 0 fully saturated rings. The molecule has 0 radical (unpaired) electrons. The fraction of sp³-hybridized carbons (Fsp3) is 0.238. The van der Waals surface area contributed by atoms with Crippen molar-refractivity contribution in [3.8, 4) is 11.8 Å². The molecule has 2 aromatic rings. The SMILES string of the molecule is CCCCC#CC(/C=C(\Cl)c1ccccc1)c1ccc(Cl)cc1. The summed E-state index contributed by atoms with van der Waals surface area (Å²) < 4.78 is 0. The molecule has 0 saturated heterocycles. The van der Waals surface area contributed by atoms with E-state index in [-0.39, 0.29) is 5.92 Å². The second kappa shape index (κ2) is 9.46. The van der Waals surface area contributed by atoms with Gasteiger partial charge in [-0.2, -0.15) is 0 Å². The van der Waals surface area contributed by atoms with Gasteiger partial charge in [0.2, 0.25) is 0 Å². The van der Waals surface area contributed by atoms with Crippen LogP contribution in [0.15, 0.2) is 60.7 Å². The van der Waals surface area contributed by atoms with Gasteiger partial charge in [0.1, 0.15) is 0 Å². The molecule has 0 aliphatic rings. The van der Waals surface area contributed by atoms with E-state index in [1.54, 1.807) is 0 Å². The van der Waals surface area contributed by atoms with Crippen LogP contribution in [0.5, 0.6) is 0 Å². The minimum absolute atomic E-state index is 0.0307. The monoisotopic (exact) mass is 342 g/mol. The zero-order chi connectivity index (χ0) is 16.5. The maximum Gasteiger partial charge on any atom is 0.0650 e. The van der Waals surface area contributed by atoms with Crippen LogP contribution in [0.25, 0.3) is 5.03 Å². The lowest BCUT2D eigenvalue weighted by molar-refractivity contribution is 0.827. The lowest BCUT2D eigenvalue weighted by Crippen LogP contribution is -1.93. The molecule has 0 spiro atoms. The van der Waals surface area contributed by atoms with Crippen LogP contribution in [0.3, 0.4) is 0 Å². The smallest absolute Gasteiger partial charge is 0.0650 e. The fourth-order valence-corrected chi connectivity index (χ4v) is 2.56. The van der Waals surface area contributed by atoms with Gasteiger partial charge in [-0.1, -0.05) is 84.9 Å². The van der Waals surface area contributed by atoms with E-state index < -0.39 is 0 Å². The second-order valence-corrected chi connectivity index (χ2v) is 6.18. The van der Waals surface area contributed by atoms with Crippen LogP contribution in [-0.2, 0) is 0 Å². The van der Waals surface area contributed by atoms with E-state index in [1.165, 1.54) is 0 Å². The molecular weight excluding hydrogens is 323 g/mol. The van der Waals surface area contributed by atoms with Crippen LogP contribution in [0, 0.1) is 11.8 Å². The average molecular weight is 343 g/mol. The van der Waals surface area contributed by atoms with Crippen molar-refractivity contribution in [2.45, 2.75) is 32.1 Å². The van der Waals surface area contributed by atoms with E-state index in [4.69, 9.17) is 23.2 Å². The number of unbranched alkanes of at least 4 members (excludes halogenated alkanes) is 2. The molecule has 0 N–H and O–H groups in total. The van der Waals surface area contributed by atoms with Gasteiger partial charge in [0, 0.05) is 16.5 Å². The number of benzene rings is 2. The van der Waals surface area contributed by atoms with Crippen molar-refractivity contribution >= 4 is 28.2 Å². The minimum Gasteiger partial charge on any atom is -0.102 e. The zero-order valence-corrected chi connectivity index (χ0v) is 14.7. The molecule has 0 nitrogen and oxygen atoms in total. The normalized spacial score (nSPS) is 12.4. The molecule has 0 heterocycles. The summed E-state index contributed by atoms with van der Waals surface area (Å²) in [6, 6.07) is 17.7. The third kappa shape index (κ3) is 5.79. The molecule has 23 heavy (non-hydrogen) atoms. The van der Waals surface area contributed by atoms with Crippen molar-refractivity contribution in [2.24, 2.45) is 0 Å². The highest BCUT2D eigenvalue weighted by atomic mass is 35.5. The van der Waals surface area contributed by atoms with Crippen molar-refractivity contribution in [2.75, 3.05) is 0 Å². The van der Waals surface area contributed by atoms with Crippen molar-refractivity contribution < 1.29 is 0 Å². The molecule has 118 valence electrons. The highest BCUT2D eigenvalue weighted by Gasteiger charge is 2.08. The number of allylic oxidation sites excluding steroid dienone is 1. The Morgan fingerprint density at radius 3 is 2.43 bits per heavy atom. The predicted octanol–water partition coefficient (Wildman–Crippen LogP) is 6.90. The van der Waals surface area contributed by atoms with E-state index in [0.29, 0.717) is 0 Å². The summed E-state index contributed by atoms with van der Waals surface area (Å²) in [4.78, 5) is 0. The first kappa shape index (κ1) is 17.7. The van der Waals surface area contributed by atoms with Crippen molar-refractivity contribution in [1.82, 2.24) is 0 Å². The Labute approximate surface area is 149 Å². The molecule has 0 amide bonds. The van der Waals surface area contributed by atoms with E-state index in [0.717, 1.165) is 40.4 Å². The van der Waals surface area contributed by atoms with Crippen LogP contribution in [0.1, 0.15) is 43.2 Å². The van der Waals surface area contributed by atoms with E-state index in [2.05, 4.69) is 18.8 Å². The Bertz CT molecular complexity index is 688. The molecule has 0 aliphatic carbocycles. The Balaban J connectivity index is 2.28. The van der Waals surface area contributed by atoms with Gasteiger partial charge in [-0.15, -0.1) is 5.92 Å². The average Bonchev–Trinajstić information content (AvgIpc) is 2.59. The van der Waals surface area contributed by atoms with Crippen LogP contribution in [-0.4, -0.2) is 0 Å². The lowest BCUT2D eigenvalue weighted by Gasteiger charge is -2.08. The van der Waals surface area contributed by atoms with Gasteiger partial charge in [0.15, 0.2) is 0 Å². The van der Waals surface area contributed by atoms with Crippen LogP contribution in [0.2, 0.25) is 5.02 Å². The second-order valence-electron chi connectivity index (χ2n) is 5.33. The molecular formula is C21H20Cl2. The first-order chi connectivity index (χ1) is 11.2. The van der Waals surface area contributed by atoms with E-state index in [1.807, 2.05) is 60.7 Å². The number of hydrogen-bond acceptors (Lipinski definition) is 0. The molecule has 0 saturated carbocycles. The summed E-state index contributed by atoms with van der Waals surface area (Å²) in [5, 5.41) is 1.44. The summed E-state index contributed by atoms with van der Waals surface area (Å²) in [6.45, 7) is 2.17. The first-order valence-corrected chi connectivity index (χ1v) is 8.63. The van der Waals surface area contributed by atoms with E-state index >= 15 is 0 Å². The minimum atomic E-state index is -0.0307. The summed E-state index contributed by atoms with van der Waals surface area (Å²) in [6.07, 6.45) is 5.20. The van der Waals surface area contributed by atoms with Crippen molar-refractivity contribution in [3.63, 3.8) is 0 Å². The van der Waals surface area contributed by atoms with Crippen molar-refractivity contribution in [3.05, 3.63) is 76.8 Å². The number of halogens is 2. The number of rotatable bonds is 5. The summed E-state index contributed by atoms with van der Waals surface area (Å²) in [7, 11) is 0. The van der Waals surface area contributed by atoms with E-state index in [9.17, 15) is 0 Å². The highest BCUT2D eigenvalue weighted by molar-refractivity contribution is 6.48. The Morgan fingerprint density at radius 2 is 1.78 bits per heavy atom. The Morgan fingerprint density at radius 1 is 1.09 bits per heavy atom. The third-order valence-electron chi connectivity index (χ3n) is 3.50. The molecule has 2 heteroatoms. The lowest BCUT2D eigenvalue weighted by atomic mass is 9.98. The quantitative estimate of drug-likeness (QED) is 0.409. The maximum atomic E-state index is 6.49. The largest absolute Gasteiger partial charge is 0.102 e. The zero-order valence-electron chi connectivity index (χ0n) is 13.2. The summed E-state index contributed by atoms with van der Waals surface area (Å²) >= 11 is 12.5. The molecule has 1 unspecified atom stereocenters. The summed E-state index contributed by atoms with van der Waals surface area (Å²) in [5.74, 6) is 6.58. The molecule has 2 rings (SSSR count). The van der Waals surface area contributed by atoms with Crippen molar-refractivity contribution in [1.29, 1.82) is 0 Å². The first-order valence-electron chi connectivity index (χ1n) is 7.87. The fourth-order valence-electron chi connectivity index (χ4n) is 2.18. The Kier molecular flexibility index (Phi) is 7.27. The predicted molar refractivity (Wildman–Crippen MR) is 102 cm³/mol. The third-order valence-corrected chi connectivity index (χ3v) is 4.10. The number of hydrogen-bond donors (Lipinski definition) is 0. The highest BCUT2D eigenvalue weighted by Crippen LogP contribution is 2.26. The van der Waals surface area contributed by atoms with Gasteiger partial charge < -0.3 is 0 Å². The maximum absolute atomic E-state index is 6.49. The molecule has 0 bridgehead atoms. The van der Waals surface area contributed by atoms with Crippen LogP contribution in [0.4, 0.5) is 0 Å². The molecule has 2 aromatic carbocycles. The van der Waals surface area contributed by atoms with Crippen LogP contribution >= 0.6 is 23.2 Å². The Hall–Kier alpha value is -1.68. The van der Waals surface area contributed by atoms with Gasteiger partial charge in [-0.05, 0) is 35.8 Å². The van der Waals surface area contributed by atoms with Gasteiger partial charge in [-0.25, -0.2) is 0 Å². The van der Waals surface area contributed by atoms with Crippen LogP contribution < -0.4 is 0 Å². The molecule has 0 aliphatic heterocycles. The molecule has 1 atom stereocenters.